The van der Waals surface area contributed by atoms with Crippen LogP contribution in [0.4, 0.5) is 0 Å². The number of hydrogen-bond donors (Lipinski definition) is 2. The third-order valence-electron chi connectivity index (χ3n) is 3.66. The first-order valence-electron chi connectivity index (χ1n) is 7.56. The molecule has 0 amide bonds. The first kappa shape index (κ1) is 21.1. The summed E-state index contributed by atoms with van der Waals surface area (Å²) in [5.41, 5.74) is -0.730. The van der Waals surface area contributed by atoms with E-state index in [1.165, 1.54) is 4.88 Å². The molecule has 2 N–H and O–H groups in total. The van der Waals surface area contributed by atoms with Gasteiger partial charge in [-0.25, -0.2) is 0 Å². The highest BCUT2D eigenvalue weighted by atomic mass is 127. The van der Waals surface area contributed by atoms with Gasteiger partial charge < -0.3 is 20.1 Å². The second-order valence-corrected chi connectivity index (χ2v) is 8.12. The van der Waals surface area contributed by atoms with Crippen molar-refractivity contribution in [3.8, 4) is 0 Å². The van der Waals surface area contributed by atoms with Crippen LogP contribution in [0.2, 0.25) is 0 Å². The number of hydrogen-bond acceptors (Lipinski definition) is 4. The van der Waals surface area contributed by atoms with Gasteiger partial charge >= 0.3 is 0 Å². The molecule has 0 aliphatic carbocycles. The van der Waals surface area contributed by atoms with Crippen molar-refractivity contribution in [3.63, 3.8) is 0 Å². The first-order valence-corrected chi connectivity index (χ1v) is 9.17. The third-order valence-corrected chi connectivity index (χ3v) is 5.27. The summed E-state index contributed by atoms with van der Waals surface area (Å²) in [5, 5.41) is 13.8. The van der Waals surface area contributed by atoms with Gasteiger partial charge in [0.1, 0.15) is 0 Å². The van der Waals surface area contributed by atoms with Gasteiger partial charge in [0.05, 0.1) is 22.5 Å². The van der Waals surface area contributed by atoms with Crippen LogP contribution in [0.3, 0.4) is 0 Å². The van der Waals surface area contributed by atoms with E-state index in [1.54, 1.807) is 11.3 Å². The Labute approximate surface area is 167 Å². The summed E-state index contributed by atoms with van der Waals surface area (Å²) in [4.78, 5) is 7.99. The van der Waals surface area contributed by atoms with Crippen LogP contribution in [0.1, 0.15) is 24.6 Å². The SMILES string of the molecule is CCNC(=NCC1(O)CCOCC1)N(C)Cc1ccc(Br)s1.I. The van der Waals surface area contributed by atoms with Crippen LogP contribution in [-0.4, -0.2) is 54.9 Å². The molecule has 1 aromatic rings. The third kappa shape index (κ3) is 6.85. The fourth-order valence-corrected chi connectivity index (χ4v) is 3.88. The van der Waals surface area contributed by atoms with Crippen molar-refractivity contribution in [2.75, 3.05) is 33.4 Å². The number of ether oxygens (including phenoxy) is 1. The highest BCUT2D eigenvalue weighted by Crippen LogP contribution is 2.23. The number of thiophene rings is 1. The Hall–Kier alpha value is 0.1000. The molecule has 0 radical (unpaired) electrons. The summed E-state index contributed by atoms with van der Waals surface area (Å²) >= 11 is 5.21. The molecule has 1 aliphatic heterocycles. The summed E-state index contributed by atoms with van der Waals surface area (Å²) in [7, 11) is 2.02. The van der Waals surface area contributed by atoms with Gasteiger partial charge in [-0.2, -0.15) is 0 Å². The lowest BCUT2D eigenvalue weighted by Gasteiger charge is -2.31. The molecular formula is C15H25BrIN3O2S. The molecule has 1 aromatic heterocycles. The molecule has 2 heterocycles. The molecule has 23 heavy (non-hydrogen) atoms. The lowest BCUT2D eigenvalue weighted by atomic mass is 9.95. The number of nitrogens with one attached hydrogen (secondary N) is 1. The van der Waals surface area contributed by atoms with Crippen molar-refractivity contribution in [1.82, 2.24) is 10.2 Å². The van der Waals surface area contributed by atoms with Crippen LogP contribution in [0.25, 0.3) is 0 Å². The van der Waals surface area contributed by atoms with Crippen molar-refractivity contribution in [1.29, 1.82) is 0 Å². The largest absolute Gasteiger partial charge is 0.388 e. The van der Waals surface area contributed by atoms with E-state index in [-0.39, 0.29) is 24.0 Å². The normalized spacial score (nSPS) is 17.5. The highest BCUT2D eigenvalue weighted by molar-refractivity contribution is 14.0. The number of rotatable bonds is 5. The minimum absolute atomic E-state index is 0. The van der Waals surface area contributed by atoms with Crippen molar-refractivity contribution < 1.29 is 9.84 Å². The summed E-state index contributed by atoms with van der Waals surface area (Å²) in [6.45, 7) is 5.29. The molecule has 1 fully saturated rings. The van der Waals surface area contributed by atoms with Crippen LogP contribution >= 0.6 is 51.2 Å². The maximum atomic E-state index is 10.5. The van der Waals surface area contributed by atoms with Crippen LogP contribution in [0.15, 0.2) is 20.9 Å². The second-order valence-electron chi connectivity index (χ2n) is 5.57. The van der Waals surface area contributed by atoms with Gasteiger partial charge in [-0.05, 0) is 35.0 Å². The molecule has 132 valence electrons. The second kappa shape index (κ2) is 10.2. The van der Waals surface area contributed by atoms with E-state index in [9.17, 15) is 5.11 Å². The molecule has 5 nitrogen and oxygen atoms in total. The lowest BCUT2D eigenvalue weighted by molar-refractivity contribution is -0.0566. The zero-order valence-corrected chi connectivity index (χ0v) is 18.3. The van der Waals surface area contributed by atoms with Gasteiger partial charge in [0, 0.05) is 44.5 Å². The summed E-state index contributed by atoms with van der Waals surface area (Å²) in [6, 6.07) is 4.17. The maximum absolute atomic E-state index is 10.5. The molecule has 1 saturated heterocycles. The summed E-state index contributed by atoms with van der Waals surface area (Å²) in [5.74, 6) is 0.826. The number of guanidine groups is 1. The fraction of sp³-hybridized carbons (Fsp3) is 0.667. The zero-order chi connectivity index (χ0) is 16.0. The van der Waals surface area contributed by atoms with Crippen LogP contribution in [0.5, 0.6) is 0 Å². The smallest absolute Gasteiger partial charge is 0.194 e. The Bertz CT molecular complexity index is 507. The predicted molar refractivity (Wildman–Crippen MR) is 110 cm³/mol. The minimum atomic E-state index is -0.730. The van der Waals surface area contributed by atoms with E-state index in [0.717, 1.165) is 22.8 Å². The molecule has 2 rings (SSSR count). The molecule has 0 unspecified atom stereocenters. The van der Waals surface area contributed by atoms with Gasteiger partial charge in [0.15, 0.2) is 5.96 Å². The molecule has 0 saturated carbocycles. The average molecular weight is 518 g/mol. The van der Waals surface area contributed by atoms with Crippen molar-refractivity contribution >= 4 is 57.2 Å². The standard InChI is InChI=1S/C15H24BrN3O2S.HI/c1-3-17-14(18-11-15(20)6-8-21-9-7-15)19(2)10-12-4-5-13(16)22-12;/h4-5,20H,3,6-11H2,1-2H3,(H,17,18);1H. The Morgan fingerprint density at radius 2 is 2.17 bits per heavy atom. The number of aliphatic imine (C=N–C) groups is 1. The number of aliphatic hydroxyl groups is 1. The molecule has 0 spiro atoms. The minimum Gasteiger partial charge on any atom is -0.388 e. The summed E-state index contributed by atoms with van der Waals surface area (Å²) < 4.78 is 6.44. The molecule has 0 atom stereocenters. The Balaban J connectivity index is 0.00000264. The first-order chi connectivity index (χ1) is 10.5. The quantitative estimate of drug-likeness (QED) is 0.358. The van der Waals surface area contributed by atoms with Crippen molar-refractivity contribution in [3.05, 3.63) is 20.8 Å². The Kier molecular flexibility index (Phi) is 9.35. The maximum Gasteiger partial charge on any atom is 0.194 e. The molecule has 0 aromatic carbocycles. The zero-order valence-electron chi connectivity index (χ0n) is 13.5. The van der Waals surface area contributed by atoms with Crippen LogP contribution in [0, 0.1) is 0 Å². The van der Waals surface area contributed by atoms with Gasteiger partial charge in [-0.15, -0.1) is 35.3 Å². The van der Waals surface area contributed by atoms with Crippen LogP contribution in [-0.2, 0) is 11.3 Å². The van der Waals surface area contributed by atoms with Gasteiger partial charge in [-0.1, -0.05) is 0 Å². The van der Waals surface area contributed by atoms with E-state index < -0.39 is 5.60 Å². The Morgan fingerprint density at radius 3 is 2.74 bits per heavy atom. The van der Waals surface area contributed by atoms with Crippen LogP contribution < -0.4 is 5.32 Å². The number of nitrogens with zero attached hydrogens (tertiary/aromatic N) is 2. The molecule has 0 bridgehead atoms. The molecule has 8 heteroatoms. The Morgan fingerprint density at radius 1 is 1.48 bits per heavy atom. The number of halogens is 2. The molecule has 1 aliphatic rings. The van der Waals surface area contributed by atoms with E-state index in [1.807, 2.05) is 14.0 Å². The monoisotopic (exact) mass is 517 g/mol. The van der Waals surface area contributed by atoms with Gasteiger partial charge in [0.25, 0.3) is 0 Å². The van der Waals surface area contributed by atoms with Crippen molar-refractivity contribution in [2.24, 2.45) is 4.99 Å². The van der Waals surface area contributed by atoms with E-state index in [0.29, 0.717) is 32.6 Å². The van der Waals surface area contributed by atoms with Gasteiger partial charge in [0.2, 0.25) is 0 Å². The summed E-state index contributed by atoms with van der Waals surface area (Å²) in [6.07, 6.45) is 1.30. The topological polar surface area (TPSA) is 57.1 Å². The predicted octanol–water partition coefficient (Wildman–Crippen LogP) is 3.07. The fourth-order valence-electron chi connectivity index (χ4n) is 2.35. The average Bonchev–Trinajstić information content (AvgIpc) is 2.89. The van der Waals surface area contributed by atoms with Crippen molar-refractivity contribution in [2.45, 2.75) is 31.9 Å². The highest BCUT2D eigenvalue weighted by Gasteiger charge is 2.29. The van der Waals surface area contributed by atoms with E-state index in [2.05, 4.69) is 43.3 Å². The lowest BCUT2D eigenvalue weighted by Crippen LogP contribution is -2.42. The van der Waals surface area contributed by atoms with E-state index >= 15 is 0 Å². The van der Waals surface area contributed by atoms with Gasteiger partial charge in [-0.3, -0.25) is 4.99 Å². The van der Waals surface area contributed by atoms with E-state index in [4.69, 9.17) is 4.74 Å². The molecular weight excluding hydrogens is 493 g/mol.